The topological polar surface area (TPSA) is 137 Å². The largest absolute Gasteiger partial charge is 0.497 e. The number of nitro groups is 1. The number of aromatic nitrogens is 2. The molecule has 0 bridgehead atoms. The normalized spacial score (nSPS) is 11.4. The number of nitro benzene ring substituents is 1. The van der Waals surface area contributed by atoms with Gasteiger partial charge in [-0.2, -0.15) is 4.98 Å². The first-order valence-electron chi connectivity index (χ1n) is 8.50. The lowest BCUT2D eigenvalue weighted by Gasteiger charge is -2.09. The number of ether oxygens (including phenoxy) is 1. The molecule has 0 saturated heterocycles. The molecule has 0 amide bonds. The first-order valence-corrected chi connectivity index (χ1v) is 9.99. The van der Waals surface area contributed by atoms with Crippen molar-refractivity contribution in [3.63, 3.8) is 0 Å². The standard InChI is InChI=1S/C18H18N4O6S/c1-11(2)17-19-18(28-20-17)12-4-6-13(7-5-12)21-29(25,26)16-9-8-14(27-3)10-15(16)22(23)24/h4-11,21H,1-3H3. The first kappa shape index (κ1) is 20.3. The summed E-state index contributed by atoms with van der Waals surface area (Å²) >= 11 is 0. The second-order valence-corrected chi connectivity index (χ2v) is 8.04. The lowest BCUT2D eigenvalue weighted by molar-refractivity contribution is -0.387. The molecule has 2 aromatic carbocycles. The lowest BCUT2D eigenvalue weighted by Crippen LogP contribution is -2.14. The van der Waals surface area contributed by atoms with Crippen LogP contribution in [0.5, 0.6) is 5.75 Å². The van der Waals surface area contributed by atoms with Crippen LogP contribution in [-0.2, 0) is 10.0 Å². The predicted octanol–water partition coefficient (Wildman–Crippen LogP) is 3.58. The quantitative estimate of drug-likeness (QED) is 0.454. The van der Waals surface area contributed by atoms with E-state index in [9.17, 15) is 18.5 Å². The summed E-state index contributed by atoms with van der Waals surface area (Å²) < 4.78 is 37.8. The molecule has 0 aliphatic carbocycles. The van der Waals surface area contributed by atoms with Crippen molar-refractivity contribution in [2.45, 2.75) is 24.7 Å². The minimum Gasteiger partial charge on any atom is -0.497 e. The highest BCUT2D eigenvalue weighted by atomic mass is 32.2. The van der Waals surface area contributed by atoms with Crippen molar-refractivity contribution in [3.05, 3.63) is 58.4 Å². The predicted molar refractivity (Wildman–Crippen MR) is 104 cm³/mol. The van der Waals surface area contributed by atoms with Crippen LogP contribution in [0.15, 0.2) is 51.9 Å². The Labute approximate surface area is 166 Å². The van der Waals surface area contributed by atoms with E-state index in [2.05, 4.69) is 14.9 Å². The molecule has 0 fully saturated rings. The molecule has 3 rings (SSSR count). The fourth-order valence-electron chi connectivity index (χ4n) is 2.47. The molecule has 0 radical (unpaired) electrons. The minimum absolute atomic E-state index is 0.110. The summed E-state index contributed by atoms with van der Waals surface area (Å²) in [5.41, 5.74) is 0.255. The van der Waals surface area contributed by atoms with Gasteiger partial charge in [-0.25, -0.2) is 8.42 Å². The Balaban J connectivity index is 1.86. The van der Waals surface area contributed by atoms with Crippen LogP contribution >= 0.6 is 0 Å². The van der Waals surface area contributed by atoms with Crippen molar-refractivity contribution in [2.75, 3.05) is 11.8 Å². The molecule has 0 spiro atoms. The summed E-state index contributed by atoms with van der Waals surface area (Å²) in [6.45, 7) is 3.87. The Kier molecular flexibility index (Phi) is 5.50. The third-order valence-corrected chi connectivity index (χ3v) is 5.42. The molecule has 1 N–H and O–H groups in total. The molecule has 152 valence electrons. The number of nitrogens with one attached hydrogen (secondary N) is 1. The van der Waals surface area contributed by atoms with Gasteiger partial charge in [0.1, 0.15) is 5.75 Å². The molecule has 11 heteroatoms. The third kappa shape index (κ3) is 4.35. The Morgan fingerprint density at radius 1 is 1.17 bits per heavy atom. The van der Waals surface area contributed by atoms with Crippen LogP contribution in [-0.4, -0.2) is 30.6 Å². The molecule has 1 aromatic heterocycles. The molecular formula is C18H18N4O6S. The van der Waals surface area contributed by atoms with Crippen molar-refractivity contribution < 1.29 is 22.6 Å². The van der Waals surface area contributed by atoms with Crippen LogP contribution < -0.4 is 9.46 Å². The van der Waals surface area contributed by atoms with E-state index >= 15 is 0 Å². The third-order valence-electron chi connectivity index (χ3n) is 3.99. The number of hydrogen-bond donors (Lipinski definition) is 1. The van der Waals surface area contributed by atoms with Gasteiger partial charge < -0.3 is 9.26 Å². The molecule has 0 atom stereocenters. The molecular weight excluding hydrogens is 400 g/mol. The van der Waals surface area contributed by atoms with Crippen LogP contribution in [0.25, 0.3) is 11.5 Å². The summed E-state index contributed by atoms with van der Waals surface area (Å²) in [6.07, 6.45) is 0. The smallest absolute Gasteiger partial charge is 0.293 e. The zero-order valence-corrected chi connectivity index (χ0v) is 16.6. The molecule has 0 saturated carbocycles. The van der Waals surface area contributed by atoms with Gasteiger partial charge in [0.2, 0.25) is 0 Å². The van der Waals surface area contributed by atoms with Gasteiger partial charge in [-0.15, -0.1) is 0 Å². The van der Waals surface area contributed by atoms with Gasteiger partial charge in [0.15, 0.2) is 10.7 Å². The van der Waals surface area contributed by atoms with Gasteiger partial charge in [-0.05, 0) is 36.4 Å². The lowest BCUT2D eigenvalue weighted by atomic mass is 10.2. The van der Waals surface area contributed by atoms with Gasteiger partial charge in [-0.1, -0.05) is 19.0 Å². The number of nitrogens with zero attached hydrogens (tertiary/aromatic N) is 3. The average Bonchev–Trinajstić information content (AvgIpc) is 3.18. The number of hydrogen-bond acceptors (Lipinski definition) is 8. The van der Waals surface area contributed by atoms with Gasteiger partial charge in [0.25, 0.3) is 21.6 Å². The zero-order chi connectivity index (χ0) is 21.2. The Hall–Kier alpha value is -3.47. The van der Waals surface area contributed by atoms with Crippen molar-refractivity contribution in [2.24, 2.45) is 0 Å². The van der Waals surface area contributed by atoms with Gasteiger partial charge in [0.05, 0.1) is 18.1 Å². The van der Waals surface area contributed by atoms with Crippen molar-refractivity contribution >= 4 is 21.4 Å². The van der Waals surface area contributed by atoms with Crippen LogP contribution in [0.1, 0.15) is 25.6 Å². The van der Waals surface area contributed by atoms with E-state index in [1.54, 1.807) is 12.1 Å². The average molecular weight is 418 g/mol. The number of benzene rings is 2. The fraction of sp³-hybridized carbons (Fsp3) is 0.222. The van der Waals surface area contributed by atoms with E-state index in [0.717, 1.165) is 12.1 Å². The van der Waals surface area contributed by atoms with E-state index in [1.165, 1.54) is 25.3 Å². The van der Waals surface area contributed by atoms with Crippen LogP contribution in [0.4, 0.5) is 11.4 Å². The first-order chi connectivity index (χ1) is 13.7. The number of anilines is 1. The number of methoxy groups -OCH3 is 1. The maximum Gasteiger partial charge on any atom is 0.293 e. The van der Waals surface area contributed by atoms with Crippen LogP contribution in [0.3, 0.4) is 0 Å². The van der Waals surface area contributed by atoms with Crippen molar-refractivity contribution in [1.82, 2.24) is 10.1 Å². The monoisotopic (exact) mass is 418 g/mol. The zero-order valence-electron chi connectivity index (χ0n) is 15.8. The number of sulfonamides is 1. The van der Waals surface area contributed by atoms with Gasteiger partial charge in [0, 0.05) is 17.2 Å². The highest BCUT2D eigenvalue weighted by Gasteiger charge is 2.26. The molecule has 0 aliphatic heterocycles. The van der Waals surface area contributed by atoms with Gasteiger partial charge >= 0.3 is 0 Å². The summed E-state index contributed by atoms with van der Waals surface area (Å²) in [4.78, 5) is 14.3. The molecule has 0 unspecified atom stereocenters. The van der Waals surface area contributed by atoms with E-state index in [4.69, 9.17) is 9.26 Å². The summed E-state index contributed by atoms with van der Waals surface area (Å²) in [7, 11) is -2.86. The minimum atomic E-state index is -4.20. The molecule has 0 aliphatic rings. The highest BCUT2D eigenvalue weighted by molar-refractivity contribution is 7.92. The maximum absolute atomic E-state index is 12.7. The van der Waals surface area contributed by atoms with Crippen LogP contribution in [0, 0.1) is 10.1 Å². The van der Waals surface area contributed by atoms with Gasteiger partial charge in [-0.3, -0.25) is 14.8 Å². The SMILES string of the molecule is COc1ccc(S(=O)(=O)Nc2ccc(-c3nc(C(C)C)no3)cc2)c([N+](=O)[O-])c1. The Morgan fingerprint density at radius 2 is 1.86 bits per heavy atom. The summed E-state index contributed by atoms with van der Waals surface area (Å²) in [5.74, 6) is 1.17. The number of rotatable bonds is 7. The Morgan fingerprint density at radius 3 is 2.41 bits per heavy atom. The van der Waals surface area contributed by atoms with Crippen molar-refractivity contribution in [3.8, 4) is 17.2 Å². The van der Waals surface area contributed by atoms with Crippen LogP contribution in [0.2, 0.25) is 0 Å². The van der Waals surface area contributed by atoms with E-state index < -0.39 is 25.5 Å². The fourth-order valence-corrected chi connectivity index (χ4v) is 3.68. The summed E-state index contributed by atoms with van der Waals surface area (Å²) in [5, 5.41) is 15.2. The Bertz CT molecular complexity index is 1140. The van der Waals surface area contributed by atoms with E-state index in [0.29, 0.717) is 17.3 Å². The maximum atomic E-state index is 12.7. The molecule has 1 heterocycles. The molecule has 10 nitrogen and oxygen atoms in total. The summed E-state index contributed by atoms with van der Waals surface area (Å²) in [6, 6.07) is 9.74. The van der Waals surface area contributed by atoms with Crippen molar-refractivity contribution in [1.29, 1.82) is 0 Å². The second-order valence-electron chi connectivity index (χ2n) is 6.39. The van der Waals surface area contributed by atoms with E-state index in [1.807, 2.05) is 13.8 Å². The molecule has 3 aromatic rings. The highest BCUT2D eigenvalue weighted by Crippen LogP contribution is 2.30. The van der Waals surface area contributed by atoms with E-state index in [-0.39, 0.29) is 17.4 Å². The molecule has 29 heavy (non-hydrogen) atoms. The second kappa shape index (κ2) is 7.87.